The molecule has 0 bridgehead atoms. The summed E-state index contributed by atoms with van der Waals surface area (Å²) >= 11 is 19.4. The standard InChI is InChI=1S/C22H14Cl3N3O2S/c23-15-10-9-13(11-17(15)25)26-20(29)12-31-22-27-18-7-3-1-5-14(18)21(30)28(22)19-8-4-2-6-16(19)24/h1-11H,12H2,(H,26,29). The number of aromatic nitrogens is 2. The summed E-state index contributed by atoms with van der Waals surface area (Å²) in [6.45, 7) is 0. The van der Waals surface area contributed by atoms with Gasteiger partial charge in [-0.1, -0.05) is 70.8 Å². The van der Waals surface area contributed by atoms with E-state index in [0.717, 1.165) is 11.8 Å². The van der Waals surface area contributed by atoms with Crippen molar-refractivity contribution in [2.75, 3.05) is 11.1 Å². The molecule has 3 aromatic carbocycles. The van der Waals surface area contributed by atoms with Crippen molar-refractivity contribution in [3.8, 4) is 5.69 Å². The molecule has 1 aromatic heterocycles. The molecule has 0 spiro atoms. The van der Waals surface area contributed by atoms with Gasteiger partial charge in [0, 0.05) is 5.69 Å². The highest BCUT2D eigenvalue weighted by Gasteiger charge is 2.16. The van der Waals surface area contributed by atoms with Gasteiger partial charge in [0.2, 0.25) is 5.91 Å². The van der Waals surface area contributed by atoms with Crippen molar-refractivity contribution in [2.45, 2.75) is 5.16 Å². The molecule has 0 aliphatic heterocycles. The number of hydrogen-bond donors (Lipinski definition) is 1. The van der Waals surface area contributed by atoms with Gasteiger partial charge in [-0.05, 0) is 42.5 Å². The Morgan fingerprint density at radius 1 is 0.935 bits per heavy atom. The van der Waals surface area contributed by atoms with Crippen molar-refractivity contribution in [1.29, 1.82) is 0 Å². The van der Waals surface area contributed by atoms with Crippen LogP contribution >= 0.6 is 46.6 Å². The molecule has 1 N–H and O–H groups in total. The Bertz CT molecular complexity index is 1360. The fourth-order valence-corrected chi connectivity index (χ4v) is 4.28. The largest absolute Gasteiger partial charge is 0.325 e. The SMILES string of the molecule is O=C(CSc1nc2ccccc2c(=O)n1-c1ccccc1Cl)Nc1ccc(Cl)c(Cl)c1. The van der Waals surface area contributed by atoms with Gasteiger partial charge in [-0.2, -0.15) is 0 Å². The molecule has 1 amide bonds. The average molecular weight is 491 g/mol. The molecule has 5 nitrogen and oxygen atoms in total. The predicted molar refractivity (Wildman–Crippen MR) is 128 cm³/mol. The number of hydrogen-bond acceptors (Lipinski definition) is 4. The number of carbonyl (C=O) groups is 1. The van der Waals surface area contributed by atoms with Crippen LogP contribution in [0.25, 0.3) is 16.6 Å². The second-order valence-corrected chi connectivity index (χ2v) is 8.63. The maximum atomic E-state index is 13.2. The molecule has 4 aromatic rings. The third-order valence-corrected chi connectivity index (χ3v) is 6.37. The maximum absolute atomic E-state index is 13.2. The molecular weight excluding hydrogens is 477 g/mol. The van der Waals surface area contributed by atoms with Crippen molar-refractivity contribution >= 4 is 69.1 Å². The van der Waals surface area contributed by atoms with Gasteiger partial charge >= 0.3 is 0 Å². The number of anilines is 1. The van der Waals surface area contributed by atoms with Gasteiger partial charge in [0.1, 0.15) is 0 Å². The van der Waals surface area contributed by atoms with Crippen LogP contribution in [0.1, 0.15) is 0 Å². The van der Waals surface area contributed by atoms with Gasteiger partial charge in [0.15, 0.2) is 5.16 Å². The van der Waals surface area contributed by atoms with E-state index < -0.39 is 0 Å². The summed E-state index contributed by atoms with van der Waals surface area (Å²) in [5.74, 6) is -0.258. The highest BCUT2D eigenvalue weighted by Crippen LogP contribution is 2.27. The minimum absolute atomic E-state index is 0.0233. The van der Waals surface area contributed by atoms with Crippen LogP contribution < -0.4 is 10.9 Å². The number of rotatable bonds is 5. The summed E-state index contributed by atoms with van der Waals surface area (Å²) < 4.78 is 1.43. The summed E-state index contributed by atoms with van der Waals surface area (Å²) in [6, 6.07) is 18.9. The Morgan fingerprint density at radius 2 is 1.68 bits per heavy atom. The molecule has 9 heteroatoms. The monoisotopic (exact) mass is 489 g/mol. The smallest absolute Gasteiger partial charge is 0.266 e. The van der Waals surface area contributed by atoms with Crippen LogP contribution in [0.5, 0.6) is 0 Å². The third kappa shape index (κ3) is 4.72. The number of nitrogens with one attached hydrogen (secondary N) is 1. The molecule has 0 aliphatic rings. The van der Waals surface area contributed by atoms with Gasteiger partial charge in [-0.25, -0.2) is 4.98 Å². The van der Waals surface area contributed by atoms with Crippen LogP contribution in [0, 0.1) is 0 Å². The number of amides is 1. The van der Waals surface area contributed by atoms with Crippen molar-refractivity contribution in [1.82, 2.24) is 9.55 Å². The highest BCUT2D eigenvalue weighted by molar-refractivity contribution is 7.99. The van der Waals surface area contributed by atoms with Crippen LogP contribution in [0.3, 0.4) is 0 Å². The van der Waals surface area contributed by atoms with Gasteiger partial charge in [-0.3, -0.25) is 14.2 Å². The van der Waals surface area contributed by atoms with E-state index in [1.807, 2.05) is 0 Å². The molecule has 0 saturated heterocycles. The van der Waals surface area contributed by atoms with E-state index in [2.05, 4.69) is 10.3 Å². The van der Waals surface area contributed by atoms with Gasteiger partial charge in [0.05, 0.1) is 37.4 Å². The van der Waals surface area contributed by atoms with Crippen LogP contribution in [-0.4, -0.2) is 21.2 Å². The number of para-hydroxylation sites is 2. The first kappa shape index (κ1) is 21.7. The number of fused-ring (bicyclic) bond motifs is 1. The van der Waals surface area contributed by atoms with E-state index in [1.54, 1.807) is 66.7 Å². The summed E-state index contributed by atoms with van der Waals surface area (Å²) in [5, 5.41) is 4.74. The Morgan fingerprint density at radius 3 is 2.45 bits per heavy atom. The summed E-state index contributed by atoms with van der Waals surface area (Å²) in [4.78, 5) is 30.3. The Hall–Kier alpha value is -2.51. The van der Waals surface area contributed by atoms with Crippen LogP contribution in [-0.2, 0) is 4.79 Å². The van der Waals surface area contributed by atoms with E-state index in [4.69, 9.17) is 34.8 Å². The van der Waals surface area contributed by atoms with Crippen LogP contribution in [0.4, 0.5) is 5.69 Å². The van der Waals surface area contributed by atoms with Gasteiger partial charge in [0.25, 0.3) is 5.56 Å². The van der Waals surface area contributed by atoms with E-state index in [0.29, 0.717) is 42.5 Å². The second-order valence-electron chi connectivity index (χ2n) is 6.47. The molecule has 31 heavy (non-hydrogen) atoms. The maximum Gasteiger partial charge on any atom is 0.266 e. The fourth-order valence-electron chi connectivity index (χ4n) is 2.96. The first-order valence-electron chi connectivity index (χ1n) is 9.08. The predicted octanol–water partition coefficient (Wildman–Crippen LogP) is 6.08. The third-order valence-electron chi connectivity index (χ3n) is 4.37. The Kier molecular flexibility index (Phi) is 6.53. The lowest BCUT2D eigenvalue weighted by molar-refractivity contribution is -0.113. The minimum Gasteiger partial charge on any atom is -0.325 e. The topological polar surface area (TPSA) is 64.0 Å². The molecule has 4 rings (SSSR count). The molecule has 0 atom stereocenters. The fraction of sp³-hybridized carbons (Fsp3) is 0.0455. The molecule has 0 radical (unpaired) electrons. The van der Waals surface area contributed by atoms with Crippen molar-refractivity contribution in [3.63, 3.8) is 0 Å². The normalized spacial score (nSPS) is 10.9. The molecular formula is C22H14Cl3N3O2S. The van der Waals surface area contributed by atoms with E-state index in [9.17, 15) is 9.59 Å². The molecule has 156 valence electrons. The quantitative estimate of drug-likeness (QED) is 0.272. The highest BCUT2D eigenvalue weighted by atomic mass is 35.5. The first-order chi connectivity index (χ1) is 14.9. The Labute approximate surface area is 197 Å². The molecule has 0 unspecified atom stereocenters. The van der Waals surface area contributed by atoms with Crippen LogP contribution in [0.15, 0.2) is 76.7 Å². The van der Waals surface area contributed by atoms with E-state index >= 15 is 0 Å². The molecule has 1 heterocycles. The summed E-state index contributed by atoms with van der Waals surface area (Å²) in [5.41, 5.74) is 1.31. The first-order valence-corrected chi connectivity index (χ1v) is 11.2. The Balaban J connectivity index is 1.67. The van der Waals surface area contributed by atoms with Crippen molar-refractivity contribution in [2.24, 2.45) is 0 Å². The van der Waals surface area contributed by atoms with Crippen molar-refractivity contribution < 1.29 is 4.79 Å². The van der Waals surface area contributed by atoms with E-state index in [1.165, 1.54) is 4.57 Å². The lowest BCUT2D eigenvalue weighted by atomic mass is 10.2. The van der Waals surface area contributed by atoms with Crippen molar-refractivity contribution in [3.05, 3.63) is 92.2 Å². The number of nitrogens with zero attached hydrogens (tertiary/aromatic N) is 2. The second kappa shape index (κ2) is 9.32. The molecule has 0 fully saturated rings. The van der Waals surface area contributed by atoms with E-state index in [-0.39, 0.29) is 17.2 Å². The zero-order valence-corrected chi connectivity index (χ0v) is 18.9. The summed E-state index contributed by atoms with van der Waals surface area (Å²) in [6.07, 6.45) is 0. The number of benzene rings is 3. The number of thioether (sulfide) groups is 1. The average Bonchev–Trinajstić information content (AvgIpc) is 2.76. The molecule has 0 aliphatic carbocycles. The van der Waals surface area contributed by atoms with Gasteiger partial charge in [-0.15, -0.1) is 0 Å². The lowest BCUT2D eigenvalue weighted by Gasteiger charge is -2.14. The van der Waals surface area contributed by atoms with Crippen LogP contribution in [0.2, 0.25) is 15.1 Å². The zero-order chi connectivity index (χ0) is 22.0. The lowest BCUT2D eigenvalue weighted by Crippen LogP contribution is -2.23. The number of carbonyl (C=O) groups excluding carboxylic acids is 1. The number of halogens is 3. The molecule has 0 saturated carbocycles. The zero-order valence-electron chi connectivity index (χ0n) is 15.8. The minimum atomic E-state index is -0.281. The van der Waals surface area contributed by atoms with Gasteiger partial charge < -0.3 is 5.32 Å². The summed E-state index contributed by atoms with van der Waals surface area (Å²) in [7, 11) is 0.